The summed E-state index contributed by atoms with van der Waals surface area (Å²) in [6, 6.07) is 0.268. The molecule has 0 aromatic rings. The predicted octanol–water partition coefficient (Wildman–Crippen LogP) is 2.17. The Morgan fingerprint density at radius 1 is 1.27 bits per heavy atom. The second-order valence-corrected chi connectivity index (χ2v) is 7.27. The van der Waals surface area contributed by atoms with Gasteiger partial charge in [-0.25, -0.2) is 4.79 Å². The van der Waals surface area contributed by atoms with Crippen LogP contribution in [0.3, 0.4) is 0 Å². The van der Waals surface area contributed by atoms with Crippen molar-refractivity contribution in [2.75, 3.05) is 45.9 Å². The summed E-state index contributed by atoms with van der Waals surface area (Å²) >= 11 is 0. The van der Waals surface area contributed by atoms with E-state index in [-0.39, 0.29) is 12.1 Å². The molecule has 1 N–H and O–H groups in total. The van der Waals surface area contributed by atoms with Gasteiger partial charge in [0, 0.05) is 13.1 Å². The van der Waals surface area contributed by atoms with Crippen LogP contribution in [0.4, 0.5) is 4.79 Å². The van der Waals surface area contributed by atoms with Crippen molar-refractivity contribution in [3.05, 3.63) is 0 Å². The Labute approximate surface area is 135 Å². The van der Waals surface area contributed by atoms with Gasteiger partial charge in [0.25, 0.3) is 0 Å². The minimum atomic E-state index is 0.0815. The molecule has 22 heavy (non-hydrogen) atoms. The van der Waals surface area contributed by atoms with E-state index in [0.29, 0.717) is 25.7 Å². The number of hydrogen-bond acceptors (Lipinski definition) is 3. The van der Waals surface area contributed by atoms with E-state index >= 15 is 0 Å². The molecule has 0 saturated carbocycles. The van der Waals surface area contributed by atoms with Crippen LogP contribution >= 0.6 is 0 Å². The number of piperidine rings is 1. The molecule has 2 amide bonds. The molecule has 0 aromatic heterocycles. The SMILES string of the molecule is CC(C)CCN1CCC(CNC(=O)N2CCOC[C@@H]2C)CC1. The van der Waals surface area contributed by atoms with Crippen molar-refractivity contribution in [1.29, 1.82) is 0 Å². The summed E-state index contributed by atoms with van der Waals surface area (Å²) < 4.78 is 5.38. The smallest absolute Gasteiger partial charge is 0.317 e. The highest BCUT2D eigenvalue weighted by molar-refractivity contribution is 5.74. The fourth-order valence-corrected chi connectivity index (χ4v) is 3.22. The lowest BCUT2D eigenvalue weighted by Gasteiger charge is -2.35. The first-order chi connectivity index (χ1) is 10.6. The zero-order valence-electron chi connectivity index (χ0n) is 14.5. The van der Waals surface area contributed by atoms with Gasteiger partial charge < -0.3 is 19.9 Å². The number of nitrogens with one attached hydrogen (secondary N) is 1. The van der Waals surface area contributed by atoms with Gasteiger partial charge in [-0.15, -0.1) is 0 Å². The maximum Gasteiger partial charge on any atom is 0.317 e. The third-order valence-electron chi connectivity index (χ3n) is 4.90. The molecule has 2 rings (SSSR count). The van der Waals surface area contributed by atoms with Crippen LogP contribution in [0, 0.1) is 11.8 Å². The Kier molecular flexibility index (Phi) is 6.96. The molecule has 2 saturated heterocycles. The molecule has 2 fully saturated rings. The van der Waals surface area contributed by atoms with Gasteiger partial charge in [-0.3, -0.25) is 0 Å². The number of likely N-dealkylation sites (tertiary alicyclic amines) is 1. The van der Waals surface area contributed by atoms with E-state index in [1.54, 1.807) is 0 Å². The van der Waals surface area contributed by atoms with Crippen molar-refractivity contribution < 1.29 is 9.53 Å². The van der Waals surface area contributed by atoms with E-state index in [9.17, 15) is 4.79 Å². The summed E-state index contributed by atoms with van der Waals surface area (Å²) in [6.45, 7) is 13.1. The summed E-state index contributed by atoms with van der Waals surface area (Å²) in [4.78, 5) is 16.7. The van der Waals surface area contributed by atoms with E-state index in [2.05, 4.69) is 24.1 Å². The number of carbonyl (C=O) groups is 1. The highest BCUT2D eigenvalue weighted by Crippen LogP contribution is 2.17. The van der Waals surface area contributed by atoms with Crippen molar-refractivity contribution in [2.45, 2.75) is 46.1 Å². The Morgan fingerprint density at radius 2 is 2.00 bits per heavy atom. The van der Waals surface area contributed by atoms with Crippen LogP contribution in [0.1, 0.15) is 40.0 Å². The molecule has 128 valence electrons. The summed E-state index contributed by atoms with van der Waals surface area (Å²) in [5.74, 6) is 1.42. The summed E-state index contributed by atoms with van der Waals surface area (Å²) in [5, 5.41) is 3.13. The monoisotopic (exact) mass is 311 g/mol. The van der Waals surface area contributed by atoms with E-state index in [1.165, 1.54) is 38.9 Å². The molecule has 0 aromatic carbocycles. The first kappa shape index (κ1) is 17.5. The molecule has 5 heteroatoms. The zero-order chi connectivity index (χ0) is 15.9. The molecule has 0 radical (unpaired) electrons. The Hall–Kier alpha value is -0.810. The van der Waals surface area contributed by atoms with Crippen LogP contribution in [0.5, 0.6) is 0 Å². The lowest BCUT2D eigenvalue weighted by Crippen LogP contribution is -2.52. The average Bonchev–Trinajstić information content (AvgIpc) is 2.52. The van der Waals surface area contributed by atoms with Gasteiger partial charge in [-0.1, -0.05) is 13.8 Å². The van der Waals surface area contributed by atoms with Crippen LogP contribution in [0.25, 0.3) is 0 Å². The fourth-order valence-electron chi connectivity index (χ4n) is 3.22. The number of morpholine rings is 1. The van der Waals surface area contributed by atoms with Crippen LogP contribution in [-0.4, -0.2) is 67.8 Å². The van der Waals surface area contributed by atoms with E-state index in [0.717, 1.165) is 12.5 Å². The Bertz CT molecular complexity index is 341. The Balaban J connectivity index is 1.63. The van der Waals surface area contributed by atoms with E-state index < -0.39 is 0 Å². The Morgan fingerprint density at radius 3 is 2.64 bits per heavy atom. The number of urea groups is 1. The lowest BCUT2D eigenvalue weighted by molar-refractivity contribution is 0.0187. The third-order valence-corrected chi connectivity index (χ3v) is 4.90. The zero-order valence-corrected chi connectivity index (χ0v) is 14.5. The number of nitrogens with zero attached hydrogens (tertiary/aromatic N) is 2. The highest BCUT2D eigenvalue weighted by Gasteiger charge is 2.25. The molecule has 5 nitrogen and oxygen atoms in total. The summed E-state index contributed by atoms with van der Waals surface area (Å²) in [7, 11) is 0. The number of ether oxygens (including phenoxy) is 1. The summed E-state index contributed by atoms with van der Waals surface area (Å²) in [6.07, 6.45) is 3.70. The molecule has 2 heterocycles. The van der Waals surface area contributed by atoms with Crippen LogP contribution in [-0.2, 0) is 4.74 Å². The molecule has 1 atom stereocenters. The molecule has 0 bridgehead atoms. The first-order valence-corrected chi connectivity index (χ1v) is 8.91. The fraction of sp³-hybridized carbons (Fsp3) is 0.941. The van der Waals surface area contributed by atoms with Gasteiger partial charge in [-0.05, 0) is 57.7 Å². The molecule has 2 aliphatic heterocycles. The number of hydrogen-bond donors (Lipinski definition) is 1. The highest BCUT2D eigenvalue weighted by atomic mass is 16.5. The van der Waals surface area contributed by atoms with Crippen molar-refractivity contribution in [3.8, 4) is 0 Å². The molecular weight excluding hydrogens is 278 g/mol. The number of carbonyl (C=O) groups excluding carboxylic acids is 1. The summed E-state index contributed by atoms with van der Waals surface area (Å²) in [5.41, 5.74) is 0. The molecule has 0 aliphatic carbocycles. The second-order valence-electron chi connectivity index (χ2n) is 7.27. The largest absolute Gasteiger partial charge is 0.377 e. The average molecular weight is 311 g/mol. The minimum Gasteiger partial charge on any atom is -0.377 e. The van der Waals surface area contributed by atoms with Crippen LogP contribution in [0.2, 0.25) is 0 Å². The van der Waals surface area contributed by atoms with Crippen molar-refractivity contribution in [3.63, 3.8) is 0 Å². The minimum absolute atomic E-state index is 0.0815. The topological polar surface area (TPSA) is 44.8 Å². The van der Waals surface area contributed by atoms with Gasteiger partial charge in [0.15, 0.2) is 0 Å². The van der Waals surface area contributed by atoms with Gasteiger partial charge in [0.05, 0.1) is 19.3 Å². The lowest BCUT2D eigenvalue weighted by atomic mass is 9.96. The third kappa shape index (κ3) is 5.43. The van der Waals surface area contributed by atoms with Crippen LogP contribution < -0.4 is 5.32 Å². The maximum absolute atomic E-state index is 12.2. The normalized spacial score (nSPS) is 24.7. The quantitative estimate of drug-likeness (QED) is 0.846. The second kappa shape index (κ2) is 8.73. The van der Waals surface area contributed by atoms with Crippen molar-refractivity contribution >= 4 is 6.03 Å². The predicted molar refractivity (Wildman–Crippen MR) is 89.0 cm³/mol. The van der Waals surface area contributed by atoms with E-state index in [4.69, 9.17) is 4.74 Å². The number of amides is 2. The molecule has 2 aliphatic rings. The molecule has 0 unspecified atom stereocenters. The molecule has 0 spiro atoms. The maximum atomic E-state index is 12.2. The number of rotatable bonds is 5. The van der Waals surface area contributed by atoms with Crippen LogP contribution in [0.15, 0.2) is 0 Å². The van der Waals surface area contributed by atoms with E-state index in [1.807, 2.05) is 11.8 Å². The van der Waals surface area contributed by atoms with Gasteiger partial charge in [-0.2, -0.15) is 0 Å². The van der Waals surface area contributed by atoms with Gasteiger partial charge in [0.1, 0.15) is 0 Å². The van der Waals surface area contributed by atoms with Crippen molar-refractivity contribution in [1.82, 2.24) is 15.1 Å². The van der Waals surface area contributed by atoms with Crippen molar-refractivity contribution in [2.24, 2.45) is 11.8 Å². The molecular formula is C17H33N3O2. The standard InChI is InChI=1S/C17H33N3O2/c1-14(2)4-7-19-8-5-16(6-9-19)12-18-17(21)20-10-11-22-13-15(20)3/h14-16H,4-13H2,1-3H3,(H,18,21)/t15-/m0/s1. The first-order valence-electron chi connectivity index (χ1n) is 8.91. The van der Waals surface area contributed by atoms with Gasteiger partial charge >= 0.3 is 6.03 Å². The van der Waals surface area contributed by atoms with Gasteiger partial charge in [0.2, 0.25) is 0 Å².